The van der Waals surface area contributed by atoms with E-state index in [-0.39, 0.29) is 30.7 Å². The number of hydrogen-bond acceptors (Lipinski definition) is 8. The van der Waals surface area contributed by atoms with Crippen LogP contribution >= 0.6 is 11.8 Å². The SMILES string of the molecule is N=CSC(=Nc1cccc(CO[C@H](CC(O)COCc2ccccc2)NC=O)c1)NC(=O)c1ccccc1. The molecule has 3 aromatic carbocycles. The van der Waals surface area contributed by atoms with Gasteiger partial charge < -0.3 is 30.6 Å². The van der Waals surface area contributed by atoms with E-state index in [1.54, 1.807) is 42.5 Å². The summed E-state index contributed by atoms with van der Waals surface area (Å²) in [5.74, 6) is -0.327. The lowest BCUT2D eigenvalue weighted by Gasteiger charge is -2.20. The van der Waals surface area contributed by atoms with Crippen molar-refractivity contribution in [1.82, 2.24) is 10.6 Å². The lowest BCUT2D eigenvalue weighted by atomic mass is 10.2. The Morgan fingerprint density at radius 2 is 1.71 bits per heavy atom. The number of hydrogen-bond donors (Lipinski definition) is 4. The molecule has 0 heterocycles. The number of carbonyl (C=O) groups is 2. The molecule has 0 aliphatic carbocycles. The van der Waals surface area contributed by atoms with Gasteiger partial charge in [-0.25, -0.2) is 4.99 Å². The molecule has 10 heteroatoms. The number of rotatable bonds is 14. The highest BCUT2D eigenvalue weighted by Crippen LogP contribution is 2.18. The molecule has 198 valence electrons. The fourth-order valence-corrected chi connectivity index (χ4v) is 3.81. The molecule has 1 unspecified atom stereocenters. The molecule has 0 saturated carbocycles. The number of aliphatic imine (C=N–C) groups is 1. The lowest BCUT2D eigenvalue weighted by molar-refractivity contribution is -0.115. The second-order valence-corrected chi connectivity index (χ2v) is 8.98. The van der Waals surface area contributed by atoms with Gasteiger partial charge in [0.2, 0.25) is 6.41 Å². The number of thioether (sulfide) groups is 1. The van der Waals surface area contributed by atoms with E-state index in [2.05, 4.69) is 15.6 Å². The van der Waals surface area contributed by atoms with E-state index in [4.69, 9.17) is 14.9 Å². The molecule has 0 aliphatic rings. The quantitative estimate of drug-likeness (QED) is 0.107. The first kappa shape index (κ1) is 28.7. The average Bonchev–Trinajstić information content (AvgIpc) is 2.93. The third-order valence-corrected chi connectivity index (χ3v) is 5.72. The van der Waals surface area contributed by atoms with Crippen LogP contribution in [0.25, 0.3) is 0 Å². The topological polar surface area (TPSA) is 133 Å². The van der Waals surface area contributed by atoms with Crippen LogP contribution in [0.5, 0.6) is 0 Å². The Morgan fingerprint density at radius 3 is 2.42 bits per heavy atom. The standard InChI is InChI=1S/C28H30N4O5S/c29-19-38-28(32-27(35)23-11-5-2-6-12-23)31-24-13-7-10-22(14-24)17-37-26(30-20-33)15-25(34)18-36-16-21-8-3-1-4-9-21/h1-14,19-20,25-26,29,34H,15-18H2,(H,30,33)(H,31,32,35)/t25?,26-/m1/s1. The smallest absolute Gasteiger partial charge is 0.257 e. The molecule has 9 nitrogen and oxygen atoms in total. The molecule has 2 amide bonds. The van der Waals surface area contributed by atoms with E-state index in [1.165, 1.54) is 0 Å². The summed E-state index contributed by atoms with van der Waals surface area (Å²) in [5, 5.41) is 23.3. The van der Waals surface area contributed by atoms with Crippen molar-refractivity contribution in [3.05, 3.63) is 102 Å². The second-order valence-electron chi connectivity index (χ2n) is 8.12. The van der Waals surface area contributed by atoms with Crippen molar-refractivity contribution in [2.24, 2.45) is 4.99 Å². The first-order chi connectivity index (χ1) is 18.6. The molecule has 2 atom stereocenters. The van der Waals surface area contributed by atoms with E-state index >= 15 is 0 Å². The van der Waals surface area contributed by atoms with Crippen LogP contribution in [0.1, 0.15) is 27.9 Å². The van der Waals surface area contributed by atoms with Crippen molar-refractivity contribution in [1.29, 1.82) is 5.41 Å². The van der Waals surface area contributed by atoms with Gasteiger partial charge in [0.15, 0.2) is 5.17 Å². The fraction of sp³-hybridized carbons (Fsp3) is 0.214. The number of benzene rings is 3. The molecule has 0 saturated heterocycles. The molecule has 0 aromatic heterocycles. The van der Waals surface area contributed by atoms with E-state index < -0.39 is 12.3 Å². The Morgan fingerprint density at radius 1 is 1.00 bits per heavy atom. The zero-order chi connectivity index (χ0) is 27.0. The van der Waals surface area contributed by atoms with E-state index in [0.29, 0.717) is 24.3 Å². The van der Waals surface area contributed by atoms with Gasteiger partial charge in [-0.1, -0.05) is 60.7 Å². The summed E-state index contributed by atoms with van der Waals surface area (Å²) >= 11 is 0.977. The summed E-state index contributed by atoms with van der Waals surface area (Å²) in [4.78, 5) is 28.0. The minimum atomic E-state index is -0.832. The molecule has 0 radical (unpaired) electrons. The van der Waals surface area contributed by atoms with Crippen molar-refractivity contribution in [3.63, 3.8) is 0 Å². The van der Waals surface area contributed by atoms with Crippen molar-refractivity contribution in [2.75, 3.05) is 6.61 Å². The largest absolute Gasteiger partial charge is 0.391 e. The van der Waals surface area contributed by atoms with Crippen molar-refractivity contribution < 1.29 is 24.2 Å². The zero-order valence-electron chi connectivity index (χ0n) is 20.7. The van der Waals surface area contributed by atoms with Gasteiger partial charge in [0.1, 0.15) is 6.23 Å². The highest BCUT2D eigenvalue weighted by atomic mass is 32.2. The first-order valence-electron chi connectivity index (χ1n) is 11.9. The number of aliphatic hydroxyl groups is 1. The van der Waals surface area contributed by atoms with Gasteiger partial charge >= 0.3 is 0 Å². The van der Waals surface area contributed by atoms with Crippen LogP contribution in [0, 0.1) is 5.41 Å². The average molecular weight is 535 g/mol. The summed E-state index contributed by atoms with van der Waals surface area (Å²) in [6, 6.07) is 25.5. The van der Waals surface area contributed by atoms with Crippen LogP contribution in [0.15, 0.2) is 89.9 Å². The van der Waals surface area contributed by atoms with Gasteiger partial charge in [-0.3, -0.25) is 9.59 Å². The van der Waals surface area contributed by atoms with Crippen molar-refractivity contribution in [3.8, 4) is 0 Å². The highest BCUT2D eigenvalue weighted by Gasteiger charge is 2.15. The fourth-order valence-electron chi connectivity index (χ4n) is 3.39. The normalized spacial score (nSPS) is 12.8. The van der Waals surface area contributed by atoms with Crippen LogP contribution < -0.4 is 10.6 Å². The van der Waals surface area contributed by atoms with Gasteiger partial charge in [-0.15, -0.1) is 0 Å². The number of amides is 2. The maximum absolute atomic E-state index is 12.5. The predicted molar refractivity (Wildman–Crippen MR) is 148 cm³/mol. The monoisotopic (exact) mass is 534 g/mol. The number of nitrogens with one attached hydrogen (secondary N) is 3. The Kier molecular flexibility index (Phi) is 12.2. The molecular formula is C28H30N4O5S. The number of nitrogens with zero attached hydrogens (tertiary/aromatic N) is 1. The van der Waals surface area contributed by atoms with Gasteiger partial charge in [0.25, 0.3) is 5.91 Å². The van der Waals surface area contributed by atoms with Crippen molar-refractivity contribution >= 4 is 40.5 Å². The maximum Gasteiger partial charge on any atom is 0.257 e. The van der Waals surface area contributed by atoms with Crippen LogP contribution in [0.4, 0.5) is 5.69 Å². The Bertz CT molecular complexity index is 1190. The van der Waals surface area contributed by atoms with Crippen LogP contribution in [0.3, 0.4) is 0 Å². The molecule has 0 bridgehead atoms. The number of amidine groups is 1. The van der Waals surface area contributed by atoms with E-state index in [0.717, 1.165) is 28.4 Å². The molecule has 3 aromatic rings. The van der Waals surface area contributed by atoms with Crippen LogP contribution in [-0.2, 0) is 27.5 Å². The molecule has 0 spiro atoms. The van der Waals surface area contributed by atoms with E-state index in [9.17, 15) is 14.7 Å². The molecule has 38 heavy (non-hydrogen) atoms. The molecule has 3 rings (SSSR count). The first-order valence-corrected chi connectivity index (χ1v) is 12.8. The molecule has 0 aliphatic heterocycles. The van der Waals surface area contributed by atoms with Gasteiger partial charge in [-0.2, -0.15) is 0 Å². The summed E-state index contributed by atoms with van der Waals surface area (Å²) in [7, 11) is 0. The van der Waals surface area contributed by atoms with Crippen molar-refractivity contribution in [2.45, 2.75) is 32.0 Å². The second kappa shape index (κ2) is 16.1. The number of aliphatic hydroxyl groups excluding tert-OH is 1. The highest BCUT2D eigenvalue weighted by molar-refractivity contribution is 8.24. The molecule has 0 fully saturated rings. The molecular weight excluding hydrogens is 504 g/mol. The lowest BCUT2D eigenvalue weighted by Crippen LogP contribution is -2.35. The summed E-state index contributed by atoms with van der Waals surface area (Å²) < 4.78 is 11.4. The summed E-state index contributed by atoms with van der Waals surface area (Å²) in [6.45, 7) is 0.624. The minimum Gasteiger partial charge on any atom is -0.391 e. The maximum atomic E-state index is 12.5. The van der Waals surface area contributed by atoms with Gasteiger partial charge in [-0.05, 0) is 47.2 Å². The predicted octanol–water partition coefficient (Wildman–Crippen LogP) is 4.00. The molecule has 4 N–H and O–H groups in total. The number of carbonyl (C=O) groups excluding carboxylic acids is 2. The van der Waals surface area contributed by atoms with Crippen LogP contribution in [-0.4, -0.2) is 47.1 Å². The third kappa shape index (κ3) is 10.3. The number of ether oxygens (including phenoxy) is 2. The zero-order valence-corrected chi connectivity index (χ0v) is 21.5. The van der Waals surface area contributed by atoms with Gasteiger partial charge in [0.05, 0.1) is 37.2 Å². The third-order valence-electron chi connectivity index (χ3n) is 5.18. The van der Waals surface area contributed by atoms with E-state index in [1.807, 2.05) is 42.5 Å². The summed E-state index contributed by atoms with van der Waals surface area (Å²) in [5.41, 5.74) is 3.89. The Hall–Kier alpha value is -3.83. The van der Waals surface area contributed by atoms with Crippen LogP contribution in [0.2, 0.25) is 0 Å². The Balaban J connectivity index is 1.55. The Labute approximate surface area is 225 Å². The minimum absolute atomic E-state index is 0.0989. The van der Waals surface area contributed by atoms with Gasteiger partial charge in [0, 0.05) is 12.0 Å². The summed E-state index contributed by atoms with van der Waals surface area (Å²) in [6.07, 6.45) is -0.874.